The van der Waals surface area contributed by atoms with Crippen LogP contribution in [0.2, 0.25) is 5.02 Å². The molecule has 1 aromatic heterocycles. The molecule has 0 radical (unpaired) electrons. The summed E-state index contributed by atoms with van der Waals surface area (Å²) < 4.78 is 5.45. The van der Waals surface area contributed by atoms with Crippen molar-refractivity contribution in [3.05, 3.63) is 88.6 Å². The van der Waals surface area contributed by atoms with Crippen LogP contribution in [-0.4, -0.2) is 24.2 Å². The van der Waals surface area contributed by atoms with E-state index in [4.69, 9.17) is 16.3 Å². The van der Waals surface area contributed by atoms with E-state index in [0.717, 1.165) is 27.5 Å². The minimum Gasteiger partial charge on any atom is -0.496 e. The van der Waals surface area contributed by atoms with Gasteiger partial charge in [-0.15, -0.1) is 11.8 Å². The first-order valence-electron chi connectivity index (χ1n) is 8.91. The number of nitrogens with one attached hydrogen (secondary N) is 1. The number of halogens is 1. The van der Waals surface area contributed by atoms with Gasteiger partial charge < -0.3 is 4.74 Å². The van der Waals surface area contributed by atoms with Crippen molar-refractivity contribution >= 4 is 35.5 Å². The van der Waals surface area contributed by atoms with Crippen LogP contribution in [-0.2, 0) is 17.0 Å². The molecule has 0 spiro atoms. The van der Waals surface area contributed by atoms with Gasteiger partial charge >= 0.3 is 0 Å². The molecule has 0 aliphatic rings. The lowest BCUT2D eigenvalue weighted by molar-refractivity contribution is -0.120. The Balaban J connectivity index is 1.59. The predicted octanol–water partition coefficient (Wildman–Crippen LogP) is 4.73. The number of amides is 1. The summed E-state index contributed by atoms with van der Waals surface area (Å²) in [6.45, 7) is 0. The van der Waals surface area contributed by atoms with Crippen molar-refractivity contribution < 1.29 is 9.53 Å². The molecule has 29 heavy (non-hydrogen) atoms. The fourth-order valence-electron chi connectivity index (χ4n) is 2.58. The summed E-state index contributed by atoms with van der Waals surface area (Å²) in [5.41, 5.74) is 5.32. The van der Waals surface area contributed by atoms with E-state index in [1.807, 2.05) is 48.5 Å². The molecular weight excluding hydrogens is 406 g/mol. The molecule has 148 valence electrons. The zero-order valence-electron chi connectivity index (χ0n) is 15.8. The number of nitrogens with zero attached hydrogens (tertiary/aromatic N) is 2. The van der Waals surface area contributed by atoms with Crippen LogP contribution in [0.1, 0.15) is 16.7 Å². The van der Waals surface area contributed by atoms with Crippen LogP contribution < -0.4 is 10.2 Å². The Kier molecular flexibility index (Phi) is 7.67. The van der Waals surface area contributed by atoms with Crippen molar-refractivity contribution in [2.45, 2.75) is 17.2 Å². The second-order valence-electron chi connectivity index (χ2n) is 6.12. The zero-order valence-corrected chi connectivity index (χ0v) is 17.4. The van der Waals surface area contributed by atoms with Crippen LogP contribution in [0.25, 0.3) is 0 Å². The molecule has 0 fully saturated rings. The number of hydrogen-bond acceptors (Lipinski definition) is 5. The number of ether oxygens (including phenoxy) is 1. The highest BCUT2D eigenvalue weighted by Crippen LogP contribution is 2.27. The average molecular weight is 426 g/mol. The summed E-state index contributed by atoms with van der Waals surface area (Å²) in [5, 5.41) is 5.65. The third-order valence-corrected chi connectivity index (χ3v) is 5.24. The van der Waals surface area contributed by atoms with Crippen LogP contribution >= 0.6 is 23.4 Å². The Morgan fingerprint density at radius 2 is 2.03 bits per heavy atom. The summed E-state index contributed by atoms with van der Waals surface area (Å²) >= 11 is 7.48. The van der Waals surface area contributed by atoms with Crippen molar-refractivity contribution in [3.8, 4) is 5.75 Å². The minimum absolute atomic E-state index is 0.192. The lowest BCUT2D eigenvalue weighted by Gasteiger charge is -2.09. The molecule has 1 amide bonds. The molecule has 1 heterocycles. The molecule has 3 aromatic rings. The molecule has 0 aliphatic heterocycles. The van der Waals surface area contributed by atoms with Gasteiger partial charge in [-0.05, 0) is 53.6 Å². The molecule has 0 saturated heterocycles. The molecule has 5 nitrogen and oxygen atoms in total. The van der Waals surface area contributed by atoms with Crippen LogP contribution in [0.4, 0.5) is 0 Å². The van der Waals surface area contributed by atoms with Crippen LogP contribution in [0.15, 0.2) is 77.0 Å². The fraction of sp³-hybridized carbons (Fsp3) is 0.136. The summed E-state index contributed by atoms with van der Waals surface area (Å²) in [6.07, 6.45) is 3.63. The first-order valence-corrected chi connectivity index (χ1v) is 10.3. The zero-order chi connectivity index (χ0) is 20.5. The molecule has 0 aliphatic carbocycles. The van der Waals surface area contributed by atoms with Crippen LogP contribution in [0.3, 0.4) is 0 Å². The van der Waals surface area contributed by atoms with E-state index < -0.39 is 0 Å². The SMILES string of the molecule is COc1ccc(/C=N/NC(=O)Cc2ccc(Cl)cc2)cc1CSc1ccccn1. The highest BCUT2D eigenvalue weighted by Gasteiger charge is 2.06. The van der Waals surface area contributed by atoms with Gasteiger partial charge in [0, 0.05) is 22.5 Å². The third kappa shape index (κ3) is 6.62. The molecule has 0 atom stereocenters. The van der Waals surface area contributed by atoms with Gasteiger partial charge in [-0.25, -0.2) is 10.4 Å². The summed E-state index contributed by atoms with van der Waals surface area (Å²) in [7, 11) is 1.65. The number of carbonyl (C=O) groups is 1. The Labute approximate surface area is 179 Å². The van der Waals surface area contributed by atoms with E-state index in [2.05, 4.69) is 15.5 Å². The second kappa shape index (κ2) is 10.6. The van der Waals surface area contributed by atoms with E-state index in [9.17, 15) is 4.79 Å². The summed E-state index contributed by atoms with van der Waals surface area (Å²) in [6, 6.07) is 18.8. The first kappa shape index (κ1) is 20.9. The number of aromatic nitrogens is 1. The molecule has 3 rings (SSSR count). The maximum Gasteiger partial charge on any atom is 0.244 e. The van der Waals surface area contributed by atoms with Crippen molar-refractivity contribution in [1.82, 2.24) is 10.4 Å². The smallest absolute Gasteiger partial charge is 0.244 e. The highest BCUT2D eigenvalue weighted by atomic mass is 35.5. The number of methoxy groups -OCH3 is 1. The lowest BCUT2D eigenvalue weighted by Crippen LogP contribution is -2.19. The van der Waals surface area contributed by atoms with Gasteiger partial charge in [0.05, 0.1) is 24.8 Å². The third-order valence-electron chi connectivity index (χ3n) is 4.00. The summed E-state index contributed by atoms with van der Waals surface area (Å²) in [4.78, 5) is 16.3. The van der Waals surface area contributed by atoms with Gasteiger partial charge in [0.15, 0.2) is 0 Å². The van der Waals surface area contributed by atoms with Crippen molar-refractivity contribution in [1.29, 1.82) is 0 Å². The number of hydrazone groups is 1. The van der Waals surface area contributed by atoms with E-state index in [1.54, 1.807) is 43.4 Å². The number of thioether (sulfide) groups is 1. The normalized spacial score (nSPS) is 10.8. The maximum absolute atomic E-state index is 12.0. The number of hydrogen-bond donors (Lipinski definition) is 1. The van der Waals surface area contributed by atoms with Gasteiger partial charge in [0.25, 0.3) is 0 Å². The largest absolute Gasteiger partial charge is 0.496 e. The fourth-order valence-corrected chi connectivity index (χ4v) is 3.55. The van der Waals surface area contributed by atoms with E-state index >= 15 is 0 Å². The molecule has 2 aromatic carbocycles. The molecule has 7 heteroatoms. The van der Waals surface area contributed by atoms with Crippen LogP contribution in [0, 0.1) is 0 Å². The van der Waals surface area contributed by atoms with Gasteiger partial charge in [-0.1, -0.05) is 29.8 Å². The average Bonchev–Trinajstić information content (AvgIpc) is 2.75. The minimum atomic E-state index is -0.192. The standard InChI is InChI=1S/C22H20ClN3O2S/c1-28-20-10-7-17(12-18(20)15-29-22-4-2-3-11-24-22)14-25-26-21(27)13-16-5-8-19(23)9-6-16/h2-12,14H,13,15H2,1H3,(H,26,27)/b25-14+. The number of benzene rings is 2. The number of carbonyl (C=O) groups excluding carboxylic acids is 1. The predicted molar refractivity (Wildman–Crippen MR) is 118 cm³/mol. The molecule has 0 bridgehead atoms. The summed E-state index contributed by atoms with van der Waals surface area (Å²) in [5.74, 6) is 1.32. The monoisotopic (exact) mass is 425 g/mol. The Hall–Kier alpha value is -2.83. The maximum atomic E-state index is 12.0. The van der Waals surface area contributed by atoms with Crippen molar-refractivity contribution in [2.24, 2.45) is 5.10 Å². The highest BCUT2D eigenvalue weighted by molar-refractivity contribution is 7.98. The van der Waals surface area contributed by atoms with E-state index in [0.29, 0.717) is 10.8 Å². The topological polar surface area (TPSA) is 63.6 Å². The number of rotatable bonds is 8. The molecule has 1 N–H and O–H groups in total. The molecule has 0 saturated carbocycles. The van der Waals surface area contributed by atoms with E-state index in [1.165, 1.54) is 0 Å². The quantitative estimate of drug-likeness (QED) is 0.322. The van der Waals surface area contributed by atoms with Gasteiger partial charge in [0.2, 0.25) is 5.91 Å². The number of pyridine rings is 1. The molecular formula is C22H20ClN3O2S. The van der Waals surface area contributed by atoms with Crippen molar-refractivity contribution in [2.75, 3.05) is 7.11 Å². The molecule has 0 unspecified atom stereocenters. The first-order chi connectivity index (χ1) is 14.1. The Bertz CT molecular complexity index is 979. The second-order valence-corrected chi connectivity index (χ2v) is 7.56. The van der Waals surface area contributed by atoms with Gasteiger partial charge in [-0.3, -0.25) is 4.79 Å². The Morgan fingerprint density at radius 3 is 2.76 bits per heavy atom. The van der Waals surface area contributed by atoms with Crippen molar-refractivity contribution in [3.63, 3.8) is 0 Å². The van der Waals surface area contributed by atoms with Gasteiger partial charge in [0.1, 0.15) is 5.75 Å². The lowest BCUT2D eigenvalue weighted by atomic mass is 10.1. The van der Waals surface area contributed by atoms with Crippen LogP contribution in [0.5, 0.6) is 5.75 Å². The Morgan fingerprint density at radius 1 is 1.21 bits per heavy atom. The van der Waals surface area contributed by atoms with Gasteiger partial charge in [-0.2, -0.15) is 5.10 Å². The van der Waals surface area contributed by atoms with E-state index in [-0.39, 0.29) is 12.3 Å².